The Hall–Kier alpha value is -1.52. The van der Waals surface area contributed by atoms with Gasteiger partial charge in [-0.25, -0.2) is 4.39 Å². The molecule has 5 heteroatoms. The molecule has 0 aliphatic rings. The van der Waals surface area contributed by atoms with E-state index in [1.807, 2.05) is 0 Å². The predicted molar refractivity (Wildman–Crippen MR) is 43.3 cm³/mol. The zero-order valence-electron chi connectivity index (χ0n) is 6.82. The van der Waals surface area contributed by atoms with Crippen LogP contribution in [0.2, 0.25) is 0 Å². The number of nitrogens with one attached hydrogen (secondary N) is 1. The minimum Gasteiger partial charge on any atom is -0.359 e. The topological polar surface area (TPSA) is 15.8 Å². The first-order valence-electron chi connectivity index (χ1n) is 3.83. The molecule has 74 valence electrons. The van der Waals surface area contributed by atoms with Crippen molar-refractivity contribution in [1.82, 2.24) is 4.98 Å². The number of aromatic nitrogens is 1. The maximum Gasteiger partial charge on any atom is 0.417 e. The normalized spacial score (nSPS) is 12.3. The summed E-state index contributed by atoms with van der Waals surface area (Å²) in [6, 6.07) is 2.76. The van der Waals surface area contributed by atoms with E-state index >= 15 is 0 Å². The molecular formula is C9H5F4N. The molecule has 0 saturated carbocycles. The Labute approximate surface area is 76.3 Å². The molecule has 0 amide bonds. The van der Waals surface area contributed by atoms with E-state index in [4.69, 9.17) is 0 Å². The average Bonchev–Trinajstić information content (AvgIpc) is 2.50. The quantitative estimate of drug-likeness (QED) is 0.632. The van der Waals surface area contributed by atoms with Crippen LogP contribution in [0.5, 0.6) is 0 Å². The molecule has 1 nitrogen and oxygen atoms in total. The summed E-state index contributed by atoms with van der Waals surface area (Å²) >= 11 is 0. The van der Waals surface area contributed by atoms with Gasteiger partial charge in [-0.3, -0.25) is 0 Å². The molecule has 14 heavy (non-hydrogen) atoms. The third-order valence-electron chi connectivity index (χ3n) is 1.98. The lowest BCUT2D eigenvalue weighted by molar-refractivity contribution is -0.136. The van der Waals surface area contributed by atoms with Gasteiger partial charge in [-0.1, -0.05) is 0 Å². The third-order valence-corrected chi connectivity index (χ3v) is 1.98. The van der Waals surface area contributed by atoms with Gasteiger partial charge in [0.25, 0.3) is 0 Å². The Bertz CT molecular complexity index is 469. The van der Waals surface area contributed by atoms with Crippen molar-refractivity contribution in [2.24, 2.45) is 0 Å². The van der Waals surface area contributed by atoms with E-state index in [-0.39, 0.29) is 10.9 Å². The summed E-state index contributed by atoms with van der Waals surface area (Å²) in [6.07, 6.45) is -3.17. The molecule has 0 unspecified atom stereocenters. The molecule has 0 saturated heterocycles. The summed E-state index contributed by atoms with van der Waals surface area (Å²) < 4.78 is 50.2. The fourth-order valence-corrected chi connectivity index (χ4v) is 1.37. The Balaban J connectivity index is 2.80. The molecule has 1 aromatic carbocycles. The SMILES string of the molecule is Fc1ccc(C(F)(F)F)c2cc[nH]c12. The van der Waals surface area contributed by atoms with E-state index in [1.165, 1.54) is 12.3 Å². The molecule has 1 heterocycles. The van der Waals surface area contributed by atoms with Gasteiger partial charge in [-0.15, -0.1) is 0 Å². The highest BCUT2D eigenvalue weighted by Crippen LogP contribution is 2.35. The van der Waals surface area contributed by atoms with Gasteiger partial charge in [0, 0.05) is 11.6 Å². The summed E-state index contributed by atoms with van der Waals surface area (Å²) in [4.78, 5) is 2.43. The lowest BCUT2D eigenvalue weighted by Crippen LogP contribution is -2.05. The zero-order chi connectivity index (χ0) is 10.3. The number of rotatable bonds is 0. The van der Waals surface area contributed by atoms with Gasteiger partial charge in [0.2, 0.25) is 0 Å². The van der Waals surface area contributed by atoms with Gasteiger partial charge in [-0.2, -0.15) is 13.2 Å². The van der Waals surface area contributed by atoms with Crippen LogP contribution >= 0.6 is 0 Å². The monoisotopic (exact) mass is 203 g/mol. The first kappa shape index (κ1) is 9.05. The lowest BCUT2D eigenvalue weighted by Gasteiger charge is -2.07. The lowest BCUT2D eigenvalue weighted by atomic mass is 10.1. The van der Waals surface area contributed by atoms with Crippen LogP contribution < -0.4 is 0 Å². The first-order chi connectivity index (χ1) is 6.50. The van der Waals surface area contributed by atoms with Crippen molar-refractivity contribution in [3.63, 3.8) is 0 Å². The standard InChI is InChI=1S/C9H5F4N/c10-7-2-1-6(9(11,12)13)5-3-4-14-8(5)7/h1-4,14H. The van der Waals surface area contributed by atoms with Crippen LogP contribution in [-0.2, 0) is 6.18 Å². The number of alkyl halides is 3. The van der Waals surface area contributed by atoms with Crippen molar-refractivity contribution >= 4 is 10.9 Å². The summed E-state index contributed by atoms with van der Waals surface area (Å²) in [7, 11) is 0. The van der Waals surface area contributed by atoms with Crippen molar-refractivity contribution in [2.75, 3.05) is 0 Å². The van der Waals surface area contributed by atoms with E-state index < -0.39 is 17.6 Å². The fourth-order valence-electron chi connectivity index (χ4n) is 1.37. The molecule has 0 aliphatic carbocycles. The Kier molecular flexibility index (Phi) is 1.77. The highest BCUT2D eigenvalue weighted by Gasteiger charge is 2.33. The van der Waals surface area contributed by atoms with Crippen molar-refractivity contribution in [3.8, 4) is 0 Å². The Morgan fingerprint density at radius 2 is 1.79 bits per heavy atom. The predicted octanol–water partition coefficient (Wildman–Crippen LogP) is 3.33. The van der Waals surface area contributed by atoms with Crippen LogP contribution in [0.4, 0.5) is 17.6 Å². The Morgan fingerprint density at radius 1 is 1.07 bits per heavy atom. The summed E-state index contributed by atoms with van der Waals surface area (Å²) in [5.74, 6) is -0.682. The van der Waals surface area contributed by atoms with Crippen LogP contribution in [0.15, 0.2) is 24.4 Å². The smallest absolute Gasteiger partial charge is 0.359 e. The van der Waals surface area contributed by atoms with Gasteiger partial charge in [0.15, 0.2) is 0 Å². The van der Waals surface area contributed by atoms with Crippen LogP contribution in [0.1, 0.15) is 5.56 Å². The summed E-state index contributed by atoms with van der Waals surface area (Å²) in [6.45, 7) is 0. The Morgan fingerprint density at radius 3 is 2.43 bits per heavy atom. The maximum absolute atomic E-state index is 13.0. The second-order valence-corrected chi connectivity index (χ2v) is 2.86. The number of halogens is 4. The van der Waals surface area contributed by atoms with Gasteiger partial charge in [0.1, 0.15) is 5.82 Å². The molecule has 1 aromatic heterocycles. The van der Waals surface area contributed by atoms with Gasteiger partial charge in [0.05, 0.1) is 11.1 Å². The van der Waals surface area contributed by atoms with Gasteiger partial charge in [-0.05, 0) is 18.2 Å². The number of aromatic amines is 1. The number of hydrogen-bond donors (Lipinski definition) is 1. The highest BCUT2D eigenvalue weighted by molar-refractivity contribution is 5.83. The van der Waals surface area contributed by atoms with Crippen LogP contribution in [0, 0.1) is 5.82 Å². The molecule has 0 atom stereocenters. The number of H-pyrrole nitrogens is 1. The number of hydrogen-bond acceptors (Lipinski definition) is 0. The molecule has 0 aliphatic heterocycles. The van der Waals surface area contributed by atoms with E-state index in [0.717, 1.165) is 12.1 Å². The molecule has 0 bridgehead atoms. The largest absolute Gasteiger partial charge is 0.417 e. The van der Waals surface area contributed by atoms with Crippen LogP contribution in [-0.4, -0.2) is 4.98 Å². The molecule has 0 spiro atoms. The second-order valence-electron chi connectivity index (χ2n) is 2.86. The number of benzene rings is 1. The van der Waals surface area contributed by atoms with Crippen molar-refractivity contribution < 1.29 is 17.6 Å². The van der Waals surface area contributed by atoms with E-state index in [1.54, 1.807) is 0 Å². The van der Waals surface area contributed by atoms with E-state index in [9.17, 15) is 17.6 Å². The van der Waals surface area contributed by atoms with Gasteiger partial charge < -0.3 is 4.98 Å². The molecule has 2 rings (SSSR count). The first-order valence-corrected chi connectivity index (χ1v) is 3.83. The minimum absolute atomic E-state index is 0.111. The molecular weight excluding hydrogens is 198 g/mol. The van der Waals surface area contributed by atoms with E-state index in [2.05, 4.69) is 4.98 Å². The molecule has 1 N–H and O–H groups in total. The highest BCUT2D eigenvalue weighted by atomic mass is 19.4. The summed E-state index contributed by atoms with van der Waals surface area (Å²) in [5.41, 5.74) is -0.935. The second kappa shape index (κ2) is 2.73. The third kappa shape index (κ3) is 1.25. The van der Waals surface area contributed by atoms with Crippen molar-refractivity contribution in [1.29, 1.82) is 0 Å². The van der Waals surface area contributed by atoms with Crippen LogP contribution in [0.3, 0.4) is 0 Å². The maximum atomic E-state index is 13.0. The molecule has 0 fully saturated rings. The molecule has 0 radical (unpaired) electrons. The zero-order valence-corrected chi connectivity index (χ0v) is 6.82. The summed E-state index contributed by atoms with van der Waals surface area (Å²) in [5, 5.41) is -0.141. The van der Waals surface area contributed by atoms with Crippen molar-refractivity contribution in [3.05, 3.63) is 35.8 Å². The van der Waals surface area contributed by atoms with Crippen molar-refractivity contribution in [2.45, 2.75) is 6.18 Å². The average molecular weight is 203 g/mol. The molecule has 2 aromatic rings. The van der Waals surface area contributed by atoms with Gasteiger partial charge >= 0.3 is 6.18 Å². The fraction of sp³-hybridized carbons (Fsp3) is 0.111. The minimum atomic E-state index is -4.45. The number of fused-ring (bicyclic) bond motifs is 1. The van der Waals surface area contributed by atoms with Crippen LogP contribution in [0.25, 0.3) is 10.9 Å². The van der Waals surface area contributed by atoms with E-state index in [0.29, 0.717) is 0 Å².